The Labute approximate surface area is 129 Å². The number of fused-ring (bicyclic) bond motifs is 1. The molecule has 0 bridgehead atoms. The lowest BCUT2D eigenvalue weighted by atomic mass is 10.2. The van der Waals surface area contributed by atoms with Crippen molar-refractivity contribution in [2.45, 2.75) is 39.9 Å². The van der Waals surface area contributed by atoms with Crippen LogP contribution in [0.25, 0.3) is 11.0 Å². The van der Waals surface area contributed by atoms with Gasteiger partial charge in [0, 0.05) is 13.1 Å². The number of rotatable bonds is 6. The minimum atomic E-state index is 0.809. The van der Waals surface area contributed by atoms with Crippen molar-refractivity contribution in [2.24, 2.45) is 0 Å². The van der Waals surface area contributed by atoms with Crippen LogP contribution in [0, 0.1) is 6.92 Å². The van der Waals surface area contributed by atoms with Gasteiger partial charge in [-0.1, -0.05) is 19.1 Å². The molecule has 0 aliphatic carbocycles. The first-order chi connectivity index (χ1) is 10.3. The molecule has 0 spiro atoms. The molecule has 3 nitrogen and oxygen atoms in total. The van der Waals surface area contributed by atoms with E-state index in [1.165, 1.54) is 16.6 Å². The topological polar surface area (TPSA) is 29.9 Å². The van der Waals surface area contributed by atoms with Crippen molar-refractivity contribution in [2.75, 3.05) is 0 Å². The second kappa shape index (κ2) is 6.41. The molecular formula is C17H21N3S. The summed E-state index contributed by atoms with van der Waals surface area (Å²) in [7, 11) is 0. The molecule has 0 radical (unpaired) electrons. The van der Waals surface area contributed by atoms with Crippen molar-refractivity contribution < 1.29 is 0 Å². The first-order valence-electron chi connectivity index (χ1n) is 7.46. The van der Waals surface area contributed by atoms with Crippen LogP contribution in [-0.2, 0) is 19.6 Å². The summed E-state index contributed by atoms with van der Waals surface area (Å²) in [4.78, 5) is 4.78. The summed E-state index contributed by atoms with van der Waals surface area (Å²) in [5, 5.41) is 7.95. The third-order valence-corrected chi connectivity index (χ3v) is 4.65. The van der Waals surface area contributed by atoms with Gasteiger partial charge in [0.05, 0.1) is 17.6 Å². The Hall–Kier alpha value is -1.65. The van der Waals surface area contributed by atoms with Crippen LogP contribution in [0.1, 0.15) is 30.3 Å². The van der Waals surface area contributed by atoms with Gasteiger partial charge in [0.1, 0.15) is 5.82 Å². The van der Waals surface area contributed by atoms with Crippen molar-refractivity contribution in [3.05, 3.63) is 52.0 Å². The third-order valence-electron chi connectivity index (χ3n) is 3.74. The molecule has 0 saturated carbocycles. The Morgan fingerprint density at radius 3 is 2.81 bits per heavy atom. The predicted octanol–water partition coefficient (Wildman–Crippen LogP) is 4.11. The van der Waals surface area contributed by atoms with Gasteiger partial charge in [0.2, 0.25) is 0 Å². The average molecular weight is 299 g/mol. The van der Waals surface area contributed by atoms with Crippen LogP contribution < -0.4 is 5.32 Å². The second-order valence-electron chi connectivity index (χ2n) is 5.35. The highest BCUT2D eigenvalue weighted by molar-refractivity contribution is 7.08. The fourth-order valence-corrected chi connectivity index (χ4v) is 3.47. The number of benzene rings is 1. The van der Waals surface area contributed by atoms with Crippen LogP contribution in [0.3, 0.4) is 0 Å². The van der Waals surface area contributed by atoms with Crippen LogP contribution in [0.5, 0.6) is 0 Å². The molecule has 0 atom stereocenters. The summed E-state index contributed by atoms with van der Waals surface area (Å²) in [5.41, 5.74) is 5.09. The van der Waals surface area contributed by atoms with Gasteiger partial charge in [-0.15, -0.1) is 0 Å². The number of hydrogen-bond acceptors (Lipinski definition) is 3. The second-order valence-corrected chi connectivity index (χ2v) is 6.10. The normalized spacial score (nSPS) is 11.3. The van der Waals surface area contributed by atoms with E-state index in [-0.39, 0.29) is 0 Å². The molecule has 4 heteroatoms. The monoisotopic (exact) mass is 299 g/mol. The highest BCUT2D eigenvalue weighted by Gasteiger charge is 2.09. The Balaban J connectivity index is 1.76. The molecule has 1 N–H and O–H groups in total. The number of nitrogens with one attached hydrogen (secondary N) is 1. The molecule has 2 heterocycles. The quantitative estimate of drug-likeness (QED) is 0.742. The number of aryl methyl sites for hydroxylation is 2. The highest BCUT2D eigenvalue weighted by Crippen LogP contribution is 2.17. The average Bonchev–Trinajstić information content (AvgIpc) is 3.05. The lowest BCUT2D eigenvalue weighted by molar-refractivity contribution is 0.598. The van der Waals surface area contributed by atoms with E-state index in [0.717, 1.165) is 37.4 Å². The summed E-state index contributed by atoms with van der Waals surface area (Å²) in [6, 6.07) is 8.39. The van der Waals surface area contributed by atoms with Crippen LogP contribution in [0.2, 0.25) is 0 Å². The van der Waals surface area contributed by atoms with Crippen molar-refractivity contribution in [3.63, 3.8) is 0 Å². The first kappa shape index (κ1) is 14.3. The smallest absolute Gasteiger partial charge is 0.123 e. The van der Waals surface area contributed by atoms with Crippen molar-refractivity contribution >= 4 is 22.4 Å². The minimum Gasteiger partial charge on any atom is -0.327 e. The lowest BCUT2D eigenvalue weighted by Crippen LogP contribution is -2.17. The van der Waals surface area contributed by atoms with Gasteiger partial charge in [0.15, 0.2) is 0 Å². The van der Waals surface area contributed by atoms with Crippen molar-refractivity contribution in [3.8, 4) is 0 Å². The fourth-order valence-electron chi connectivity index (χ4n) is 2.61. The molecule has 0 amide bonds. The summed E-state index contributed by atoms with van der Waals surface area (Å²) >= 11 is 1.77. The summed E-state index contributed by atoms with van der Waals surface area (Å²) in [6.07, 6.45) is 1.12. The zero-order valence-electron chi connectivity index (χ0n) is 12.6. The lowest BCUT2D eigenvalue weighted by Gasteiger charge is -2.09. The predicted molar refractivity (Wildman–Crippen MR) is 89.6 cm³/mol. The first-order valence-corrected chi connectivity index (χ1v) is 8.40. The standard InChI is InChI=1S/C17H21N3S/c1-3-8-20-16-7-5-4-6-15(16)19-17(20)10-18-9-14-12-21-11-13(14)2/h4-7,11-12,18H,3,8-10H2,1-2H3. The van der Waals surface area contributed by atoms with Crippen LogP contribution in [-0.4, -0.2) is 9.55 Å². The van der Waals surface area contributed by atoms with Crippen molar-refractivity contribution in [1.29, 1.82) is 0 Å². The maximum atomic E-state index is 4.78. The van der Waals surface area contributed by atoms with Gasteiger partial charge in [-0.2, -0.15) is 11.3 Å². The van der Waals surface area contributed by atoms with Gasteiger partial charge in [-0.05, 0) is 47.4 Å². The largest absolute Gasteiger partial charge is 0.327 e. The fraction of sp³-hybridized carbons (Fsp3) is 0.353. The Morgan fingerprint density at radius 1 is 1.19 bits per heavy atom. The zero-order valence-corrected chi connectivity index (χ0v) is 13.4. The number of para-hydroxylation sites is 2. The van der Waals surface area contributed by atoms with E-state index in [0.29, 0.717) is 0 Å². The summed E-state index contributed by atoms with van der Waals surface area (Å²) in [6.45, 7) is 7.12. The molecule has 0 aliphatic heterocycles. The molecule has 3 rings (SSSR count). The molecule has 2 aromatic heterocycles. The molecule has 3 aromatic rings. The van der Waals surface area contributed by atoms with Crippen LogP contribution >= 0.6 is 11.3 Å². The molecule has 110 valence electrons. The van der Waals surface area contributed by atoms with Gasteiger partial charge in [-0.3, -0.25) is 0 Å². The van der Waals surface area contributed by atoms with Crippen LogP contribution in [0.4, 0.5) is 0 Å². The molecule has 0 unspecified atom stereocenters. The van der Waals surface area contributed by atoms with E-state index in [1.807, 2.05) is 0 Å². The molecule has 0 fully saturated rings. The molecular weight excluding hydrogens is 278 g/mol. The third kappa shape index (κ3) is 3.01. The van der Waals surface area contributed by atoms with E-state index in [1.54, 1.807) is 11.3 Å². The van der Waals surface area contributed by atoms with Gasteiger partial charge < -0.3 is 9.88 Å². The van der Waals surface area contributed by atoms with Gasteiger partial charge in [0.25, 0.3) is 0 Å². The minimum absolute atomic E-state index is 0.809. The van der Waals surface area contributed by atoms with E-state index in [9.17, 15) is 0 Å². The number of hydrogen-bond donors (Lipinski definition) is 1. The van der Waals surface area contributed by atoms with E-state index >= 15 is 0 Å². The molecule has 0 saturated heterocycles. The number of aromatic nitrogens is 2. The number of nitrogens with zero attached hydrogens (tertiary/aromatic N) is 2. The maximum absolute atomic E-state index is 4.78. The van der Waals surface area contributed by atoms with E-state index < -0.39 is 0 Å². The van der Waals surface area contributed by atoms with Crippen LogP contribution in [0.15, 0.2) is 35.0 Å². The molecule has 0 aliphatic rings. The number of imidazole rings is 1. The SMILES string of the molecule is CCCn1c(CNCc2cscc2C)nc2ccccc21. The highest BCUT2D eigenvalue weighted by atomic mass is 32.1. The number of thiophene rings is 1. The summed E-state index contributed by atoms with van der Waals surface area (Å²) < 4.78 is 2.34. The Morgan fingerprint density at radius 2 is 2.05 bits per heavy atom. The Kier molecular flexibility index (Phi) is 4.36. The summed E-state index contributed by atoms with van der Waals surface area (Å²) in [5.74, 6) is 1.13. The molecule has 1 aromatic carbocycles. The van der Waals surface area contributed by atoms with E-state index in [4.69, 9.17) is 4.98 Å². The van der Waals surface area contributed by atoms with Gasteiger partial charge >= 0.3 is 0 Å². The maximum Gasteiger partial charge on any atom is 0.123 e. The van der Waals surface area contributed by atoms with Gasteiger partial charge in [-0.25, -0.2) is 4.98 Å². The van der Waals surface area contributed by atoms with Crippen molar-refractivity contribution in [1.82, 2.24) is 14.9 Å². The van der Waals surface area contributed by atoms with E-state index in [2.05, 4.69) is 58.8 Å². The Bertz CT molecular complexity index is 727. The molecule has 21 heavy (non-hydrogen) atoms. The zero-order chi connectivity index (χ0) is 14.7.